The van der Waals surface area contributed by atoms with Crippen LogP contribution in [0.2, 0.25) is 0 Å². The molecule has 1 aromatic carbocycles. The maximum atomic E-state index is 9.77. The first-order valence-electron chi connectivity index (χ1n) is 10.8. The Kier molecular flexibility index (Phi) is 5.15. The van der Waals surface area contributed by atoms with E-state index < -0.39 is 5.72 Å². The van der Waals surface area contributed by atoms with Crippen LogP contribution >= 0.6 is 0 Å². The van der Waals surface area contributed by atoms with Gasteiger partial charge in [0.2, 0.25) is 5.95 Å². The van der Waals surface area contributed by atoms with Gasteiger partial charge in [0, 0.05) is 36.3 Å². The van der Waals surface area contributed by atoms with Crippen LogP contribution in [-0.2, 0) is 11.8 Å². The standard InChI is InChI=1S/C24H25N7O2/c1-23(26,32)11-19-8-5-16(12-27-19)20-30-21(31-33-20)24(9-2-10-24)18-6-3-15(4-7-18)17-13-28-22(25)29-14-17/h3-8,12-14,32H,2,9-11,26H2,1H3,(H2,25,28,29). The largest absolute Gasteiger partial charge is 0.376 e. The highest BCUT2D eigenvalue weighted by atomic mass is 16.5. The van der Waals surface area contributed by atoms with Crippen molar-refractivity contribution in [3.63, 3.8) is 0 Å². The lowest BCUT2D eigenvalue weighted by Crippen LogP contribution is -2.38. The molecule has 3 heterocycles. The summed E-state index contributed by atoms with van der Waals surface area (Å²) in [5, 5.41) is 14.1. The predicted octanol–water partition coefficient (Wildman–Crippen LogP) is 2.85. The average molecular weight is 444 g/mol. The number of nitrogens with two attached hydrogens (primary N) is 2. The second-order valence-corrected chi connectivity index (χ2v) is 8.84. The van der Waals surface area contributed by atoms with Gasteiger partial charge in [0.15, 0.2) is 5.82 Å². The highest BCUT2D eigenvalue weighted by molar-refractivity contribution is 5.63. The summed E-state index contributed by atoms with van der Waals surface area (Å²) in [7, 11) is 0. The molecule has 0 spiro atoms. The Morgan fingerprint density at radius 2 is 1.64 bits per heavy atom. The van der Waals surface area contributed by atoms with Crippen molar-refractivity contribution in [2.45, 2.75) is 43.7 Å². The molecule has 168 valence electrons. The van der Waals surface area contributed by atoms with E-state index in [-0.39, 0.29) is 17.8 Å². The zero-order valence-electron chi connectivity index (χ0n) is 18.3. The van der Waals surface area contributed by atoms with Crippen molar-refractivity contribution in [3.8, 4) is 22.6 Å². The number of aromatic nitrogens is 5. The first-order chi connectivity index (χ1) is 15.8. The molecule has 9 heteroatoms. The Labute approximate surface area is 190 Å². The number of rotatable bonds is 6. The van der Waals surface area contributed by atoms with E-state index in [2.05, 4.69) is 44.4 Å². The smallest absolute Gasteiger partial charge is 0.259 e. The van der Waals surface area contributed by atoms with E-state index in [1.165, 1.54) is 0 Å². The maximum Gasteiger partial charge on any atom is 0.259 e. The Morgan fingerprint density at radius 1 is 0.970 bits per heavy atom. The van der Waals surface area contributed by atoms with E-state index in [4.69, 9.17) is 21.0 Å². The SMILES string of the molecule is CC(N)(O)Cc1ccc(-c2nc(C3(c4ccc(-c5cnc(N)nc5)cc4)CCC3)no2)cn1. The minimum atomic E-state index is -1.31. The van der Waals surface area contributed by atoms with Crippen LogP contribution in [0.25, 0.3) is 22.6 Å². The lowest BCUT2D eigenvalue weighted by Gasteiger charge is -2.39. The number of aliphatic hydroxyl groups is 1. The quantitative estimate of drug-likeness (QED) is 0.382. The van der Waals surface area contributed by atoms with E-state index >= 15 is 0 Å². The highest BCUT2D eigenvalue weighted by Crippen LogP contribution is 2.48. The molecule has 0 amide bonds. The van der Waals surface area contributed by atoms with Gasteiger partial charge < -0.3 is 21.1 Å². The van der Waals surface area contributed by atoms with Gasteiger partial charge in [-0.15, -0.1) is 0 Å². The second-order valence-electron chi connectivity index (χ2n) is 8.84. The monoisotopic (exact) mass is 443 g/mol. The molecule has 1 unspecified atom stereocenters. The third-order valence-corrected chi connectivity index (χ3v) is 6.11. The molecular weight excluding hydrogens is 418 g/mol. The fourth-order valence-electron chi connectivity index (χ4n) is 4.20. The van der Waals surface area contributed by atoms with Crippen LogP contribution in [0.5, 0.6) is 0 Å². The second kappa shape index (κ2) is 8.02. The van der Waals surface area contributed by atoms with Gasteiger partial charge in [-0.2, -0.15) is 4.98 Å². The van der Waals surface area contributed by atoms with E-state index in [0.29, 0.717) is 17.4 Å². The van der Waals surface area contributed by atoms with Gasteiger partial charge >= 0.3 is 0 Å². The van der Waals surface area contributed by atoms with Crippen LogP contribution in [-0.4, -0.2) is 35.9 Å². The van der Waals surface area contributed by atoms with Gasteiger partial charge in [0.1, 0.15) is 5.72 Å². The first-order valence-corrected chi connectivity index (χ1v) is 10.8. The Bertz CT molecular complexity index is 1240. The fraction of sp³-hybridized carbons (Fsp3) is 0.292. The van der Waals surface area contributed by atoms with Crippen molar-refractivity contribution in [2.24, 2.45) is 5.73 Å². The third-order valence-electron chi connectivity index (χ3n) is 6.11. The lowest BCUT2D eigenvalue weighted by molar-refractivity contribution is 0.0667. The highest BCUT2D eigenvalue weighted by Gasteiger charge is 2.44. The molecule has 9 nitrogen and oxygen atoms in total. The molecule has 33 heavy (non-hydrogen) atoms. The van der Waals surface area contributed by atoms with Crippen LogP contribution in [0.1, 0.15) is 43.3 Å². The molecule has 1 fully saturated rings. The molecule has 1 aliphatic carbocycles. The summed E-state index contributed by atoms with van der Waals surface area (Å²) in [4.78, 5) is 17.2. The molecule has 5 N–H and O–H groups in total. The van der Waals surface area contributed by atoms with Crippen molar-refractivity contribution in [3.05, 3.63) is 72.1 Å². The fourth-order valence-corrected chi connectivity index (χ4v) is 4.20. The minimum Gasteiger partial charge on any atom is -0.376 e. The van der Waals surface area contributed by atoms with Crippen molar-refractivity contribution in [1.82, 2.24) is 25.1 Å². The van der Waals surface area contributed by atoms with Gasteiger partial charge in [0.05, 0.1) is 11.0 Å². The van der Waals surface area contributed by atoms with E-state index in [0.717, 1.165) is 41.5 Å². The number of benzene rings is 1. The van der Waals surface area contributed by atoms with Gasteiger partial charge in [-0.1, -0.05) is 35.8 Å². The van der Waals surface area contributed by atoms with Crippen molar-refractivity contribution >= 4 is 5.95 Å². The van der Waals surface area contributed by atoms with Crippen molar-refractivity contribution in [2.75, 3.05) is 5.73 Å². The number of nitrogens with zero attached hydrogens (tertiary/aromatic N) is 5. The Morgan fingerprint density at radius 3 is 2.21 bits per heavy atom. The maximum absolute atomic E-state index is 9.77. The molecule has 1 aliphatic rings. The first kappa shape index (κ1) is 21.2. The zero-order chi connectivity index (χ0) is 23.1. The topological polar surface area (TPSA) is 150 Å². The number of nitrogen functional groups attached to an aromatic ring is 1. The summed E-state index contributed by atoms with van der Waals surface area (Å²) >= 11 is 0. The average Bonchev–Trinajstić information content (AvgIpc) is 3.24. The van der Waals surface area contributed by atoms with Gasteiger partial charge in [-0.05, 0) is 43.0 Å². The molecule has 0 bridgehead atoms. The Balaban J connectivity index is 1.39. The summed E-state index contributed by atoms with van der Waals surface area (Å²) in [5.41, 5.74) is 14.2. The van der Waals surface area contributed by atoms with Gasteiger partial charge in [-0.25, -0.2) is 9.97 Å². The molecule has 3 aromatic heterocycles. The molecule has 5 rings (SSSR count). The number of hydrogen-bond donors (Lipinski definition) is 3. The molecule has 0 aliphatic heterocycles. The van der Waals surface area contributed by atoms with Crippen molar-refractivity contribution < 1.29 is 9.63 Å². The summed E-state index contributed by atoms with van der Waals surface area (Å²) in [6, 6.07) is 12.0. The van der Waals surface area contributed by atoms with Crippen LogP contribution in [0, 0.1) is 0 Å². The predicted molar refractivity (Wildman–Crippen MR) is 123 cm³/mol. The van der Waals surface area contributed by atoms with Gasteiger partial charge in [-0.3, -0.25) is 4.98 Å². The molecule has 4 aromatic rings. The van der Waals surface area contributed by atoms with Gasteiger partial charge in [0.25, 0.3) is 5.89 Å². The van der Waals surface area contributed by atoms with E-state index in [1.807, 2.05) is 6.07 Å². The molecular formula is C24H25N7O2. The molecule has 1 saturated carbocycles. The normalized spacial score (nSPS) is 16.7. The van der Waals surface area contributed by atoms with Crippen molar-refractivity contribution in [1.29, 1.82) is 0 Å². The van der Waals surface area contributed by atoms with E-state index in [9.17, 15) is 5.11 Å². The molecule has 1 atom stereocenters. The summed E-state index contributed by atoms with van der Waals surface area (Å²) < 4.78 is 5.60. The lowest BCUT2D eigenvalue weighted by atomic mass is 9.64. The van der Waals surface area contributed by atoms with Crippen LogP contribution in [0.3, 0.4) is 0 Å². The summed E-state index contributed by atoms with van der Waals surface area (Å²) in [6.45, 7) is 1.54. The third kappa shape index (κ3) is 4.20. The molecule has 0 saturated heterocycles. The van der Waals surface area contributed by atoms with Crippen LogP contribution in [0.15, 0.2) is 59.5 Å². The Hall–Kier alpha value is -3.69. The number of pyridine rings is 1. The minimum absolute atomic E-state index is 0.254. The van der Waals surface area contributed by atoms with Crippen LogP contribution in [0.4, 0.5) is 5.95 Å². The van der Waals surface area contributed by atoms with Crippen LogP contribution < -0.4 is 11.5 Å². The summed E-state index contributed by atoms with van der Waals surface area (Å²) in [6.07, 6.45) is 8.37. The van der Waals surface area contributed by atoms with E-state index in [1.54, 1.807) is 31.6 Å². The molecule has 0 radical (unpaired) electrons. The summed E-state index contributed by atoms with van der Waals surface area (Å²) in [5.74, 6) is 1.36. The number of hydrogen-bond acceptors (Lipinski definition) is 9. The zero-order valence-corrected chi connectivity index (χ0v) is 18.3. The number of anilines is 1.